The van der Waals surface area contributed by atoms with Crippen molar-refractivity contribution in [1.29, 1.82) is 0 Å². The smallest absolute Gasteiger partial charge is 0.354 e. The van der Waals surface area contributed by atoms with Crippen molar-refractivity contribution < 1.29 is 19.1 Å². The highest BCUT2D eigenvalue weighted by atomic mass is 32.1. The van der Waals surface area contributed by atoms with Gasteiger partial charge in [0.25, 0.3) is 0 Å². The first-order valence-electron chi connectivity index (χ1n) is 7.53. The van der Waals surface area contributed by atoms with E-state index in [-0.39, 0.29) is 17.9 Å². The van der Waals surface area contributed by atoms with E-state index in [4.69, 9.17) is 0 Å². The summed E-state index contributed by atoms with van der Waals surface area (Å²) in [5, 5.41) is 15.3. The first-order valence-corrected chi connectivity index (χ1v) is 8.41. The molecule has 2 aromatic heterocycles. The van der Waals surface area contributed by atoms with Crippen LogP contribution in [0, 0.1) is 6.92 Å². The number of rotatable bonds is 6. The van der Waals surface area contributed by atoms with Crippen molar-refractivity contribution in [2.24, 2.45) is 0 Å². The molecule has 0 radical (unpaired) electrons. The molecular formula is C18H15FN2O3S. The van der Waals surface area contributed by atoms with E-state index in [1.54, 1.807) is 17.5 Å². The van der Waals surface area contributed by atoms with E-state index in [1.807, 2.05) is 19.1 Å². The van der Waals surface area contributed by atoms with Crippen molar-refractivity contribution in [3.63, 3.8) is 0 Å². The number of ketones is 1. The number of carbonyl (C=O) groups is 2. The number of hydrogen-bond donors (Lipinski definition) is 1. The van der Waals surface area contributed by atoms with Gasteiger partial charge in [0.2, 0.25) is 0 Å². The van der Waals surface area contributed by atoms with Crippen molar-refractivity contribution >= 4 is 23.1 Å². The first-order chi connectivity index (χ1) is 12.0. The summed E-state index contributed by atoms with van der Waals surface area (Å²) < 4.78 is 13.9. The summed E-state index contributed by atoms with van der Waals surface area (Å²) in [6, 6.07) is 8.76. The lowest BCUT2D eigenvalue weighted by Gasteiger charge is -2.06. The number of aromatic nitrogens is 2. The summed E-state index contributed by atoms with van der Waals surface area (Å²) in [5.74, 6) is -1.41. The van der Waals surface area contributed by atoms with E-state index in [0.29, 0.717) is 21.7 Å². The molecule has 0 unspecified atom stereocenters. The van der Waals surface area contributed by atoms with Gasteiger partial charge in [-0.05, 0) is 36.1 Å². The summed E-state index contributed by atoms with van der Waals surface area (Å²) in [5.41, 5.74) is 2.39. The van der Waals surface area contributed by atoms with Gasteiger partial charge >= 0.3 is 5.97 Å². The molecule has 0 aliphatic rings. The Labute approximate surface area is 147 Å². The van der Waals surface area contributed by atoms with Crippen molar-refractivity contribution in [3.8, 4) is 5.69 Å². The predicted molar refractivity (Wildman–Crippen MR) is 92.4 cm³/mol. The second-order valence-corrected chi connectivity index (χ2v) is 6.53. The number of carboxylic acid groups (broad SMARTS) is 1. The van der Waals surface area contributed by atoms with E-state index >= 15 is 0 Å². The van der Waals surface area contributed by atoms with Crippen LogP contribution in [0.1, 0.15) is 36.9 Å². The van der Waals surface area contributed by atoms with Gasteiger partial charge in [-0.3, -0.25) is 4.79 Å². The summed E-state index contributed by atoms with van der Waals surface area (Å²) in [4.78, 5) is 24.5. The molecule has 25 heavy (non-hydrogen) atoms. The van der Waals surface area contributed by atoms with Crippen molar-refractivity contribution in [2.75, 3.05) is 0 Å². The van der Waals surface area contributed by atoms with E-state index in [0.717, 1.165) is 16.9 Å². The van der Waals surface area contributed by atoms with Crippen molar-refractivity contribution in [2.45, 2.75) is 20.0 Å². The number of carboxylic acids is 1. The molecule has 1 aromatic carbocycles. The van der Waals surface area contributed by atoms with Crippen molar-refractivity contribution in [1.82, 2.24) is 9.78 Å². The predicted octanol–water partition coefficient (Wildman–Crippen LogP) is 3.84. The van der Waals surface area contributed by atoms with Gasteiger partial charge in [0.05, 0.1) is 16.8 Å². The fraction of sp³-hybridized carbons (Fsp3) is 0.167. The normalized spacial score (nSPS) is 10.8. The standard InChI is InChI=1S/C18H15FN2O3S/c1-11-2-4-14(5-3-11)21-17(18(23)24)13(9-20-21)7-15(22)16-6-12(8-19)10-25-16/h2-6,9-10H,7-8H2,1H3,(H,23,24). The molecule has 128 valence electrons. The fourth-order valence-corrected chi connectivity index (χ4v) is 3.31. The third-order valence-corrected chi connectivity index (χ3v) is 4.78. The quantitative estimate of drug-likeness (QED) is 0.680. The molecule has 0 fully saturated rings. The van der Waals surface area contributed by atoms with Crippen LogP contribution in [0.15, 0.2) is 41.9 Å². The van der Waals surface area contributed by atoms with E-state index in [9.17, 15) is 19.1 Å². The number of carbonyl (C=O) groups excluding carboxylic acids is 1. The highest BCUT2D eigenvalue weighted by Gasteiger charge is 2.22. The number of benzene rings is 1. The van der Waals surface area contributed by atoms with Crippen LogP contribution in [0.2, 0.25) is 0 Å². The molecule has 5 nitrogen and oxygen atoms in total. The van der Waals surface area contributed by atoms with Crippen LogP contribution in [0.5, 0.6) is 0 Å². The number of halogens is 1. The number of aromatic carboxylic acids is 1. The van der Waals surface area contributed by atoms with Gasteiger partial charge in [-0.1, -0.05) is 17.7 Å². The largest absolute Gasteiger partial charge is 0.476 e. The van der Waals surface area contributed by atoms with Crippen LogP contribution < -0.4 is 0 Å². The third-order valence-electron chi connectivity index (χ3n) is 3.76. The average molecular weight is 358 g/mol. The van der Waals surface area contributed by atoms with Crippen LogP contribution in [0.3, 0.4) is 0 Å². The number of thiophene rings is 1. The number of nitrogens with zero attached hydrogens (tertiary/aromatic N) is 2. The number of hydrogen-bond acceptors (Lipinski definition) is 4. The van der Waals surface area contributed by atoms with Gasteiger partial charge in [0.15, 0.2) is 11.5 Å². The third kappa shape index (κ3) is 3.51. The second kappa shape index (κ2) is 6.98. The maximum Gasteiger partial charge on any atom is 0.354 e. The molecular weight excluding hydrogens is 343 g/mol. The highest BCUT2D eigenvalue weighted by molar-refractivity contribution is 7.12. The Morgan fingerprint density at radius 2 is 2.00 bits per heavy atom. The molecule has 0 aliphatic heterocycles. The number of alkyl halides is 1. The molecule has 0 aliphatic carbocycles. The molecule has 0 atom stereocenters. The summed E-state index contributed by atoms with van der Waals surface area (Å²) in [6.45, 7) is 1.30. The minimum absolute atomic E-state index is 0.0422. The zero-order chi connectivity index (χ0) is 18.0. The van der Waals surface area contributed by atoms with E-state index in [1.165, 1.54) is 16.9 Å². The summed E-state index contributed by atoms with van der Waals surface area (Å²) >= 11 is 1.16. The zero-order valence-corrected chi connectivity index (χ0v) is 14.2. The Balaban J connectivity index is 1.93. The van der Waals surface area contributed by atoms with Gasteiger partial charge in [-0.2, -0.15) is 5.10 Å². The molecule has 0 spiro atoms. The molecule has 0 saturated heterocycles. The average Bonchev–Trinajstić information content (AvgIpc) is 3.22. The zero-order valence-electron chi connectivity index (χ0n) is 13.4. The lowest BCUT2D eigenvalue weighted by molar-refractivity contribution is 0.0686. The lowest BCUT2D eigenvalue weighted by Crippen LogP contribution is -2.12. The molecule has 7 heteroatoms. The Hall–Kier alpha value is -2.80. The molecule has 3 aromatic rings. The molecule has 1 N–H and O–H groups in total. The fourth-order valence-electron chi connectivity index (χ4n) is 2.47. The van der Waals surface area contributed by atoms with Gasteiger partial charge < -0.3 is 5.11 Å². The van der Waals surface area contributed by atoms with Crippen molar-refractivity contribution in [3.05, 3.63) is 69.2 Å². The van der Waals surface area contributed by atoms with Gasteiger partial charge in [0.1, 0.15) is 6.67 Å². The summed E-state index contributed by atoms with van der Waals surface area (Å²) in [6.07, 6.45) is 1.30. The van der Waals surface area contributed by atoms with E-state index < -0.39 is 12.6 Å². The molecule has 0 amide bonds. The van der Waals surface area contributed by atoms with Crippen LogP contribution in [-0.2, 0) is 13.1 Å². The SMILES string of the molecule is Cc1ccc(-n2ncc(CC(=O)c3cc(CF)cs3)c2C(=O)O)cc1. The monoisotopic (exact) mass is 358 g/mol. The number of Topliss-reactive ketones (excluding diaryl/α,β-unsaturated/α-hetero) is 1. The minimum atomic E-state index is -1.16. The maximum absolute atomic E-state index is 12.6. The van der Waals surface area contributed by atoms with E-state index in [2.05, 4.69) is 5.10 Å². The van der Waals surface area contributed by atoms with Gasteiger partial charge in [0, 0.05) is 12.0 Å². The molecule has 0 saturated carbocycles. The first kappa shape index (κ1) is 17.0. The van der Waals surface area contributed by atoms with Crippen LogP contribution in [-0.4, -0.2) is 26.6 Å². The minimum Gasteiger partial charge on any atom is -0.476 e. The topological polar surface area (TPSA) is 72.2 Å². The Kier molecular flexibility index (Phi) is 4.76. The Morgan fingerprint density at radius 3 is 2.60 bits per heavy atom. The summed E-state index contributed by atoms with van der Waals surface area (Å²) in [7, 11) is 0. The second-order valence-electron chi connectivity index (χ2n) is 5.62. The van der Waals surface area contributed by atoms with Gasteiger partial charge in [-0.25, -0.2) is 13.9 Å². The Morgan fingerprint density at radius 1 is 1.28 bits per heavy atom. The highest BCUT2D eigenvalue weighted by Crippen LogP contribution is 2.21. The lowest BCUT2D eigenvalue weighted by atomic mass is 10.1. The molecule has 2 heterocycles. The molecule has 3 rings (SSSR count). The van der Waals surface area contributed by atoms with Crippen LogP contribution in [0.25, 0.3) is 5.69 Å². The number of aryl methyl sites for hydroxylation is 1. The Bertz CT molecular complexity index is 928. The van der Waals surface area contributed by atoms with Crippen LogP contribution in [0.4, 0.5) is 4.39 Å². The maximum atomic E-state index is 12.6. The molecule has 0 bridgehead atoms. The van der Waals surface area contributed by atoms with Gasteiger partial charge in [-0.15, -0.1) is 11.3 Å². The van der Waals surface area contributed by atoms with Crippen LogP contribution >= 0.6 is 11.3 Å².